The average Bonchev–Trinajstić information content (AvgIpc) is 3.30. The number of hydrogen-bond donors (Lipinski definition) is 0. The zero-order valence-corrected chi connectivity index (χ0v) is 34.9. The van der Waals surface area contributed by atoms with E-state index >= 15 is 0 Å². The second-order valence-corrected chi connectivity index (χ2v) is 15.0. The third-order valence-electron chi connectivity index (χ3n) is 9.33. The quantitative estimate of drug-likeness (QED) is 0.0825. The Bertz CT molecular complexity index is 2370. The molecule has 8 aromatic carbocycles. The summed E-state index contributed by atoms with van der Waals surface area (Å²) in [5.41, 5.74) is 1.51. The molecule has 0 N–H and O–H groups in total. The summed E-state index contributed by atoms with van der Waals surface area (Å²) in [6, 6.07) is 53.1. The minimum Gasteiger partial charge on any atom is -0.497 e. The van der Waals surface area contributed by atoms with Crippen LogP contribution in [0.5, 0.6) is 57.5 Å². The fourth-order valence-electron chi connectivity index (χ4n) is 6.33. The minimum absolute atomic E-state index is 0.500. The fourth-order valence-corrected chi connectivity index (χ4v) is 8.36. The molecule has 0 saturated heterocycles. The van der Waals surface area contributed by atoms with Gasteiger partial charge in [0.2, 0.25) is 0 Å². The maximum absolute atomic E-state index is 6.89. The van der Waals surface area contributed by atoms with Crippen LogP contribution in [-0.2, 0) is 0 Å². The average molecular weight is 839 g/mol. The SMILES string of the molecule is COc1ccc(OP(Oc2ccc(OC)cc2)Oc2ccc3ccccc3c2-c2c(OP(Oc3ccc(OC)cc3)Oc3ccc(OC)cc3)ccc3ccccc23)cc1. The second-order valence-electron chi connectivity index (χ2n) is 13.0. The number of hydrogen-bond acceptors (Lipinski definition) is 10. The van der Waals surface area contributed by atoms with E-state index in [4.69, 9.17) is 46.1 Å². The van der Waals surface area contributed by atoms with Crippen LogP contribution in [0.25, 0.3) is 32.7 Å². The fraction of sp³-hybridized carbons (Fsp3) is 0.0833. The van der Waals surface area contributed by atoms with Crippen molar-refractivity contribution < 1.29 is 46.1 Å². The third-order valence-corrected chi connectivity index (χ3v) is 11.5. The molecule has 10 nitrogen and oxygen atoms in total. The highest BCUT2D eigenvalue weighted by atomic mass is 31.2. The highest BCUT2D eigenvalue weighted by molar-refractivity contribution is 7.43. The molecule has 0 saturated carbocycles. The van der Waals surface area contributed by atoms with Crippen LogP contribution in [-0.4, -0.2) is 28.4 Å². The van der Waals surface area contributed by atoms with Gasteiger partial charge in [-0.25, -0.2) is 0 Å². The predicted molar refractivity (Wildman–Crippen MR) is 236 cm³/mol. The maximum atomic E-state index is 6.89. The van der Waals surface area contributed by atoms with E-state index < -0.39 is 17.2 Å². The largest absolute Gasteiger partial charge is 0.530 e. The van der Waals surface area contributed by atoms with E-state index in [1.807, 2.05) is 97.1 Å². The Hall–Kier alpha value is -6.86. The van der Waals surface area contributed by atoms with E-state index in [2.05, 4.69) is 24.3 Å². The molecular formula is C48H40O10P2. The van der Waals surface area contributed by atoms with Crippen molar-refractivity contribution in [1.82, 2.24) is 0 Å². The van der Waals surface area contributed by atoms with Gasteiger partial charge in [-0.15, -0.1) is 0 Å². The van der Waals surface area contributed by atoms with Gasteiger partial charge >= 0.3 is 17.2 Å². The molecule has 0 aromatic heterocycles. The molecule has 0 aliphatic rings. The first-order valence-corrected chi connectivity index (χ1v) is 21.0. The molecule has 0 bridgehead atoms. The molecule has 0 radical (unpaired) electrons. The molecule has 0 aliphatic heterocycles. The van der Waals surface area contributed by atoms with Gasteiger partial charge in [0.25, 0.3) is 0 Å². The summed E-state index contributed by atoms with van der Waals surface area (Å²) in [7, 11) is 2.24. The topological polar surface area (TPSA) is 92.3 Å². The van der Waals surface area contributed by atoms with E-state index in [1.54, 1.807) is 77.0 Å². The number of benzene rings is 8. The van der Waals surface area contributed by atoms with E-state index in [9.17, 15) is 0 Å². The molecule has 8 aromatic rings. The lowest BCUT2D eigenvalue weighted by molar-refractivity contribution is 0.383. The van der Waals surface area contributed by atoms with Crippen molar-refractivity contribution in [2.75, 3.05) is 28.4 Å². The number of methoxy groups -OCH3 is 4. The molecule has 0 atom stereocenters. The van der Waals surface area contributed by atoms with Crippen molar-refractivity contribution in [2.24, 2.45) is 0 Å². The van der Waals surface area contributed by atoms with Crippen molar-refractivity contribution in [3.63, 3.8) is 0 Å². The van der Waals surface area contributed by atoms with E-state index in [0.717, 1.165) is 32.7 Å². The van der Waals surface area contributed by atoms with Gasteiger partial charge in [-0.2, -0.15) is 0 Å². The van der Waals surface area contributed by atoms with E-state index in [0.29, 0.717) is 57.5 Å². The van der Waals surface area contributed by atoms with Crippen LogP contribution in [0.3, 0.4) is 0 Å². The Morgan fingerprint density at radius 2 is 0.533 bits per heavy atom. The van der Waals surface area contributed by atoms with Crippen LogP contribution in [0, 0.1) is 0 Å². The van der Waals surface area contributed by atoms with Gasteiger partial charge < -0.3 is 46.1 Å². The zero-order valence-electron chi connectivity index (χ0n) is 33.1. The smallest absolute Gasteiger partial charge is 0.497 e. The van der Waals surface area contributed by atoms with Crippen molar-refractivity contribution in [2.45, 2.75) is 0 Å². The number of ether oxygens (including phenoxy) is 4. The summed E-state index contributed by atoms with van der Waals surface area (Å²) < 4.78 is 61.3. The Morgan fingerprint density at radius 1 is 0.267 bits per heavy atom. The minimum atomic E-state index is -2.11. The highest BCUT2D eigenvalue weighted by Crippen LogP contribution is 2.53. The van der Waals surface area contributed by atoms with Gasteiger partial charge in [0.05, 0.1) is 28.4 Å². The highest BCUT2D eigenvalue weighted by Gasteiger charge is 2.28. The van der Waals surface area contributed by atoms with Crippen LogP contribution in [0.15, 0.2) is 170 Å². The Balaban J connectivity index is 1.25. The standard InChI is InChI=1S/C48H40O10P2/c1-49-35-15-23-39(24-16-35)53-59(54-40-25-17-36(50-2)18-26-40)57-45-31-13-33-9-5-7-11-43(33)47(45)48-44-12-8-6-10-34(44)14-32-46(48)58-60(55-41-27-19-37(51-3)20-28-41)56-42-29-21-38(52-4)22-30-42/h5-32H,1-4H3. The first-order valence-electron chi connectivity index (χ1n) is 18.8. The van der Waals surface area contributed by atoms with Crippen LogP contribution < -0.4 is 46.1 Å². The Morgan fingerprint density at radius 3 is 0.817 bits per heavy atom. The summed E-state index contributed by atoms with van der Waals surface area (Å²) in [6.45, 7) is 0. The van der Waals surface area contributed by atoms with E-state index in [-0.39, 0.29) is 0 Å². The zero-order chi connectivity index (χ0) is 41.3. The summed E-state index contributed by atoms with van der Waals surface area (Å²) in [5.74, 6) is 5.89. The Kier molecular flexibility index (Phi) is 12.5. The first-order chi connectivity index (χ1) is 29.5. The number of rotatable bonds is 17. The third kappa shape index (κ3) is 9.37. The lowest BCUT2D eigenvalue weighted by Crippen LogP contribution is -2.05. The van der Waals surface area contributed by atoms with Crippen molar-refractivity contribution in [1.29, 1.82) is 0 Å². The van der Waals surface area contributed by atoms with Gasteiger partial charge in [-0.05, 0) is 131 Å². The maximum Gasteiger partial charge on any atom is 0.530 e. The normalized spacial score (nSPS) is 11.0. The molecule has 8 rings (SSSR count). The van der Waals surface area contributed by atoms with Crippen LogP contribution >= 0.6 is 17.2 Å². The molecule has 0 unspecified atom stereocenters. The van der Waals surface area contributed by atoms with Crippen LogP contribution in [0.4, 0.5) is 0 Å². The van der Waals surface area contributed by atoms with Gasteiger partial charge in [-0.1, -0.05) is 60.7 Å². The van der Waals surface area contributed by atoms with Gasteiger partial charge in [-0.3, -0.25) is 0 Å². The van der Waals surface area contributed by atoms with Gasteiger partial charge in [0.1, 0.15) is 57.5 Å². The predicted octanol–water partition coefficient (Wildman–Crippen LogP) is 13.2. The molecule has 0 aliphatic carbocycles. The second kappa shape index (κ2) is 18.8. The lowest BCUT2D eigenvalue weighted by atomic mass is 9.92. The molecule has 0 heterocycles. The first kappa shape index (κ1) is 39.9. The summed E-state index contributed by atoms with van der Waals surface area (Å²) in [4.78, 5) is 0. The summed E-state index contributed by atoms with van der Waals surface area (Å²) in [6.07, 6.45) is 0. The summed E-state index contributed by atoms with van der Waals surface area (Å²) in [5, 5.41) is 3.80. The van der Waals surface area contributed by atoms with Gasteiger partial charge in [0.15, 0.2) is 0 Å². The lowest BCUT2D eigenvalue weighted by Gasteiger charge is -2.24. The van der Waals surface area contributed by atoms with Crippen LogP contribution in [0.2, 0.25) is 0 Å². The molecule has 302 valence electrons. The van der Waals surface area contributed by atoms with E-state index in [1.165, 1.54) is 0 Å². The molecule has 0 fully saturated rings. The molecule has 0 amide bonds. The van der Waals surface area contributed by atoms with Crippen molar-refractivity contribution in [3.8, 4) is 68.6 Å². The monoisotopic (exact) mass is 838 g/mol. The number of fused-ring (bicyclic) bond motifs is 2. The summed E-state index contributed by atoms with van der Waals surface area (Å²) >= 11 is 0. The van der Waals surface area contributed by atoms with Crippen molar-refractivity contribution in [3.05, 3.63) is 170 Å². The molecular weight excluding hydrogens is 798 g/mol. The molecule has 12 heteroatoms. The Labute approximate surface area is 350 Å². The van der Waals surface area contributed by atoms with Crippen molar-refractivity contribution >= 4 is 38.7 Å². The van der Waals surface area contributed by atoms with Crippen LogP contribution in [0.1, 0.15) is 0 Å². The van der Waals surface area contributed by atoms with Gasteiger partial charge in [0, 0.05) is 11.1 Å². The molecule has 60 heavy (non-hydrogen) atoms. The molecule has 0 spiro atoms.